The number of hydrogen-bond acceptors (Lipinski definition) is 4. The van der Waals surface area contributed by atoms with E-state index in [9.17, 15) is 9.59 Å². The van der Waals surface area contributed by atoms with Crippen molar-refractivity contribution >= 4 is 21.9 Å². The first-order chi connectivity index (χ1) is 8.47. The zero-order valence-electron chi connectivity index (χ0n) is 10.8. The Balaban J connectivity index is 2.82. The third kappa shape index (κ3) is 3.66. The zero-order chi connectivity index (χ0) is 13.7. The number of halogens is 1. The summed E-state index contributed by atoms with van der Waals surface area (Å²) in [4.78, 5) is 27.1. The standard InChI is InChI=1S/C12H17BrN2O3/c1-4-5-6-18-10(16)7-15-9(3)11(13)8(2)14-12(15)17/h4-7H2,1-3H3. The Kier molecular flexibility index (Phi) is 5.53. The highest BCUT2D eigenvalue weighted by molar-refractivity contribution is 9.10. The normalized spacial score (nSPS) is 10.4. The van der Waals surface area contributed by atoms with Crippen LogP contribution in [0.15, 0.2) is 9.27 Å². The van der Waals surface area contributed by atoms with E-state index in [1.54, 1.807) is 13.8 Å². The molecule has 1 heterocycles. The van der Waals surface area contributed by atoms with Gasteiger partial charge in [-0.1, -0.05) is 13.3 Å². The number of nitrogens with zero attached hydrogens (tertiary/aromatic N) is 2. The maximum atomic E-state index is 11.7. The molecule has 0 aliphatic heterocycles. The number of ether oxygens (including phenoxy) is 1. The van der Waals surface area contributed by atoms with Crippen LogP contribution < -0.4 is 5.69 Å². The Morgan fingerprint density at radius 1 is 1.44 bits per heavy atom. The van der Waals surface area contributed by atoms with Gasteiger partial charge in [0.2, 0.25) is 0 Å². The number of carbonyl (C=O) groups is 1. The maximum absolute atomic E-state index is 11.7. The van der Waals surface area contributed by atoms with Gasteiger partial charge in [0.15, 0.2) is 0 Å². The Labute approximate surface area is 114 Å². The monoisotopic (exact) mass is 316 g/mol. The lowest BCUT2D eigenvalue weighted by Gasteiger charge is -2.11. The lowest BCUT2D eigenvalue weighted by atomic mass is 10.3. The number of aromatic nitrogens is 2. The van der Waals surface area contributed by atoms with Crippen molar-refractivity contribution in [3.8, 4) is 0 Å². The van der Waals surface area contributed by atoms with E-state index in [1.807, 2.05) is 6.92 Å². The number of hydrogen-bond donors (Lipinski definition) is 0. The van der Waals surface area contributed by atoms with Gasteiger partial charge in [0.05, 0.1) is 16.8 Å². The lowest BCUT2D eigenvalue weighted by Crippen LogP contribution is -2.30. The number of aryl methyl sites for hydroxylation is 1. The van der Waals surface area contributed by atoms with E-state index in [-0.39, 0.29) is 6.54 Å². The number of rotatable bonds is 5. The highest BCUT2D eigenvalue weighted by Gasteiger charge is 2.12. The van der Waals surface area contributed by atoms with Gasteiger partial charge in [-0.2, -0.15) is 4.98 Å². The predicted octanol–water partition coefficient (Wildman–Crippen LogP) is 1.97. The average molecular weight is 317 g/mol. The second-order valence-electron chi connectivity index (χ2n) is 4.04. The third-order valence-corrected chi connectivity index (χ3v) is 3.73. The van der Waals surface area contributed by atoms with Crippen LogP contribution in [0.3, 0.4) is 0 Å². The molecule has 0 radical (unpaired) electrons. The minimum atomic E-state index is -0.430. The van der Waals surface area contributed by atoms with Gasteiger partial charge < -0.3 is 4.74 Å². The molecule has 0 spiro atoms. The molecule has 0 bridgehead atoms. The summed E-state index contributed by atoms with van der Waals surface area (Å²) >= 11 is 3.34. The molecule has 100 valence electrons. The molecule has 0 unspecified atom stereocenters. The SMILES string of the molecule is CCCCOC(=O)Cn1c(C)c(Br)c(C)nc1=O. The Morgan fingerprint density at radius 3 is 2.72 bits per heavy atom. The van der Waals surface area contributed by atoms with Crippen molar-refractivity contribution in [3.63, 3.8) is 0 Å². The van der Waals surface area contributed by atoms with Gasteiger partial charge in [0.1, 0.15) is 6.54 Å². The molecule has 0 aromatic carbocycles. The van der Waals surface area contributed by atoms with Gasteiger partial charge in [0, 0.05) is 5.69 Å². The third-order valence-electron chi connectivity index (χ3n) is 2.58. The van der Waals surface area contributed by atoms with E-state index in [4.69, 9.17) is 4.74 Å². The summed E-state index contributed by atoms with van der Waals surface area (Å²) in [6.45, 7) is 5.81. The van der Waals surface area contributed by atoms with E-state index in [0.717, 1.165) is 17.3 Å². The first-order valence-corrected chi connectivity index (χ1v) is 6.65. The van der Waals surface area contributed by atoms with Crippen LogP contribution in [0.1, 0.15) is 31.2 Å². The summed E-state index contributed by atoms with van der Waals surface area (Å²) < 4.78 is 7.07. The second-order valence-corrected chi connectivity index (χ2v) is 4.83. The molecule has 0 saturated carbocycles. The smallest absolute Gasteiger partial charge is 0.348 e. The van der Waals surface area contributed by atoms with E-state index >= 15 is 0 Å². The molecular weight excluding hydrogens is 300 g/mol. The van der Waals surface area contributed by atoms with Crippen molar-refractivity contribution < 1.29 is 9.53 Å². The molecule has 0 aliphatic carbocycles. The molecule has 6 heteroatoms. The number of carbonyl (C=O) groups excluding carboxylic acids is 1. The lowest BCUT2D eigenvalue weighted by molar-refractivity contribution is -0.144. The zero-order valence-corrected chi connectivity index (χ0v) is 12.4. The van der Waals surface area contributed by atoms with Crippen molar-refractivity contribution in [2.75, 3.05) is 6.61 Å². The van der Waals surface area contributed by atoms with Gasteiger partial charge in [-0.15, -0.1) is 0 Å². The molecule has 0 N–H and O–H groups in total. The maximum Gasteiger partial charge on any atom is 0.348 e. The summed E-state index contributed by atoms with van der Waals surface area (Å²) in [5, 5.41) is 0. The van der Waals surface area contributed by atoms with Crippen LogP contribution in [0.2, 0.25) is 0 Å². The van der Waals surface area contributed by atoms with Gasteiger partial charge in [-0.25, -0.2) is 4.79 Å². The largest absolute Gasteiger partial charge is 0.464 e. The quantitative estimate of drug-likeness (QED) is 0.615. The van der Waals surface area contributed by atoms with Crippen molar-refractivity contribution in [3.05, 3.63) is 26.3 Å². The second kappa shape index (κ2) is 6.68. The number of unbranched alkanes of at least 4 members (excludes halogenated alkanes) is 1. The van der Waals surface area contributed by atoms with Crippen LogP contribution in [0, 0.1) is 13.8 Å². The van der Waals surface area contributed by atoms with Crippen LogP contribution in [0.4, 0.5) is 0 Å². The summed E-state index contributed by atoms with van der Waals surface area (Å²) in [5.74, 6) is -0.411. The summed E-state index contributed by atoms with van der Waals surface area (Å²) in [7, 11) is 0. The first kappa shape index (κ1) is 14.9. The van der Waals surface area contributed by atoms with E-state index in [1.165, 1.54) is 4.57 Å². The number of esters is 1. The van der Waals surface area contributed by atoms with Crippen LogP contribution in [0.5, 0.6) is 0 Å². The fourth-order valence-corrected chi connectivity index (χ4v) is 1.77. The van der Waals surface area contributed by atoms with E-state index in [2.05, 4.69) is 20.9 Å². The fraction of sp³-hybridized carbons (Fsp3) is 0.583. The minimum absolute atomic E-state index is 0.0970. The van der Waals surface area contributed by atoms with Gasteiger partial charge in [-0.3, -0.25) is 9.36 Å². The molecule has 0 saturated heterocycles. The average Bonchev–Trinajstić information content (AvgIpc) is 2.32. The van der Waals surface area contributed by atoms with Crippen LogP contribution in [-0.2, 0) is 16.1 Å². The molecule has 1 aromatic rings. The fourth-order valence-electron chi connectivity index (χ4n) is 1.47. The minimum Gasteiger partial charge on any atom is -0.464 e. The molecule has 5 nitrogen and oxygen atoms in total. The van der Waals surface area contributed by atoms with Gasteiger partial charge in [0.25, 0.3) is 0 Å². The topological polar surface area (TPSA) is 61.2 Å². The van der Waals surface area contributed by atoms with Crippen LogP contribution in [-0.4, -0.2) is 22.1 Å². The van der Waals surface area contributed by atoms with Crippen molar-refractivity contribution in [2.24, 2.45) is 0 Å². The molecule has 1 aromatic heterocycles. The Morgan fingerprint density at radius 2 is 2.11 bits per heavy atom. The summed E-state index contributed by atoms with van der Waals surface area (Å²) in [5.41, 5.74) is 0.869. The van der Waals surface area contributed by atoms with Gasteiger partial charge in [-0.05, 0) is 36.2 Å². The molecule has 0 fully saturated rings. The molecule has 18 heavy (non-hydrogen) atoms. The molecule has 0 amide bonds. The molecule has 1 rings (SSSR count). The summed E-state index contributed by atoms with van der Waals surface area (Å²) in [6.07, 6.45) is 1.79. The van der Waals surface area contributed by atoms with Crippen molar-refractivity contribution in [1.29, 1.82) is 0 Å². The molecule has 0 atom stereocenters. The molecule has 0 aliphatic rings. The van der Waals surface area contributed by atoms with E-state index in [0.29, 0.717) is 18.0 Å². The predicted molar refractivity (Wildman–Crippen MR) is 71.5 cm³/mol. The van der Waals surface area contributed by atoms with Crippen LogP contribution >= 0.6 is 15.9 Å². The summed E-state index contributed by atoms with van der Waals surface area (Å²) in [6, 6.07) is 0. The molecular formula is C12H17BrN2O3. The Hall–Kier alpha value is -1.17. The van der Waals surface area contributed by atoms with Crippen molar-refractivity contribution in [2.45, 2.75) is 40.2 Å². The highest BCUT2D eigenvalue weighted by atomic mass is 79.9. The van der Waals surface area contributed by atoms with Crippen LogP contribution in [0.25, 0.3) is 0 Å². The highest BCUT2D eigenvalue weighted by Crippen LogP contribution is 2.16. The first-order valence-electron chi connectivity index (χ1n) is 5.86. The Bertz CT molecular complexity index is 497. The van der Waals surface area contributed by atoms with E-state index < -0.39 is 11.7 Å². The van der Waals surface area contributed by atoms with Gasteiger partial charge >= 0.3 is 11.7 Å². The van der Waals surface area contributed by atoms with Crippen molar-refractivity contribution in [1.82, 2.24) is 9.55 Å².